The predicted molar refractivity (Wildman–Crippen MR) is 143 cm³/mol. The molecule has 180 valence electrons. The van der Waals surface area contributed by atoms with Crippen molar-refractivity contribution in [3.8, 4) is 17.3 Å². The molecule has 0 aliphatic heterocycles. The Hall–Kier alpha value is -2.76. The average Bonchev–Trinajstić information content (AvgIpc) is 3.22. The third-order valence-electron chi connectivity index (χ3n) is 5.73. The Morgan fingerprint density at radius 2 is 1.82 bits per heavy atom. The second-order valence-corrected chi connectivity index (χ2v) is 9.28. The summed E-state index contributed by atoms with van der Waals surface area (Å²) in [7, 11) is 1.99. The van der Waals surface area contributed by atoms with Gasteiger partial charge < -0.3 is 19.7 Å². The summed E-state index contributed by atoms with van der Waals surface area (Å²) in [4.78, 5) is 2.93. The number of fused-ring (bicyclic) bond motifs is 1. The summed E-state index contributed by atoms with van der Waals surface area (Å²) in [6.45, 7) is 6.45. The summed E-state index contributed by atoms with van der Waals surface area (Å²) in [5.74, 6) is 0. The van der Waals surface area contributed by atoms with Gasteiger partial charge in [0, 0.05) is 43.8 Å². The van der Waals surface area contributed by atoms with Crippen LogP contribution in [0.1, 0.15) is 32.4 Å². The number of hydrogen-bond donors (Lipinski definition) is 3. The van der Waals surface area contributed by atoms with Crippen molar-refractivity contribution in [1.82, 2.24) is 9.29 Å². The van der Waals surface area contributed by atoms with Gasteiger partial charge in [-0.25, -0.2) is 0 Å². The Morgan fingerprint density at radius 1 is 1.12 bits per heavy atom. The van der Waals surface area contributed by atoms with Crippen LogP contribution in [0.15, 0.2) is 53.4 Å². The zero-order valence-corrected chi connectivity index (χ0v) is 21.0. The maximum atomic E-state index is 9.47. The second kappa shape index (κ2) is 12.6. The number of hydrogen-bond acceptors (Lipinski definition) is 6. The van der Waals surface area contributed by atoms with E-state index >= 15 is 0 Å². The molecular weight excluding hydrogens is 444 g/mol. The Bertz CT molecular complexity index is 1160. The summed E-state index contributed by atoms with van der Waals surface area (Å²) in [5.41, 5.74) is 4.38. The second-order valence-electron chi connectivity index (χ2n) is 8.34. The maximum absolute atomic E-state index is 9.47. The lowest BCUT2D eigenvalue weighted by Gasteiger charge is -2.24. The molecule has 0 saturated carbocycles. The van der Waals surface area contributed by atoms with Gasteiger partial charge in [-0.15, -0.1) is 0 Å². The number of nitrogens with zero attached hydrogens (tertiary/aromatic N) is 3. The van der Waals surface area contributed by atoms with Gasteiger partial charge >= 0.3 is 0 Å². The minimum atomic E-state index is -0.848. The number of nitriles is 1. The van der Waals surface area contributed by atoms with Crippen LogP contribution >= 0.6 is 11.9 Å². The molecule has 1 aromatic heterocycles. The SMILES string of the molecule is CCCN(CCC)c1ccc2cc(-c3ccc(/C=C(\C#N)SNCC(O)CO)n3C)ccc2c1. The highest BCUT2D eigenvalue weighted by Gasteiger charge is 2.10. The van der Waals surface area contributed by atoms with Crippen LogP contribution in [0.5, 0.6) is 0 Å². The van der Waals surface area contributed by atoms with Gasteiger partial charge in [-0.2, -0.15) is 5.26 Å². The average molecular weight is 479 g/mol. The van der Waals surface area contributed by atoms with Gasteiger partial charge in [-0.3, -0.25) is 4.72 Å². The summed E-state index contributed by atoms with van der Waals surface area (Å²) in [5, 5.41) is 30.2. The molecule has 3 rings (SSSR count). The van der Waals surface area contributed by atoms with Crippen molar-refractivity contribution in [2.24, 2.45) is 7.05 Å². The molecule has 1 unspecified atom stereocenters. The Labute approximate surface area is 206 Å². The minimum Gasteiger partial charge on any atom is -0.394 e. The number of nitrogens with one attached hydrogen (secondary N) is 1. The summed E-state index contributed by atoms with van der Waals surface area (Å²) in [6, 6.07) is 19.5. The van der Waals surface area contributed by atoms with Crippen LogP contribution in [-0.4, -0.2) is 47.1 Å². The highest BCUT2D eigenvalue weighted by atomic mass is 32.2. The van der Waals surface area contributed by atoms with Crippen molar-refractivity contribution < 1.29 is 10.2 Å². The van der Waals surface area contributed by atoms with Crippen molar-refractivity contribution >= 4 is 34.5 Å². The summed E-state index contributed by atoms with van der Waals surface area (Å²) in [6.07, 6.45) is 3.23. The van der Waals surface area contributed by atoms with E-state index in [0.717, 1.165) is 54.8 Å². The molecular formula is C27H34N4O2S. The Morgan fingerprint density at radius 3 is 2.50 bits per heavy atom. The molecule has 3 aromatic rings. The lowest BCUT2D eigenvalue weighted by Crippen LogP contribution is -2.25. The quantitative estimate of drug-likeness (QED) is 0.253. The fourth-order valence-corrected chi connectivity index (χ4v) is 4.62. The van der Waals surface area contributed by atoms with E-state index in [9.17, 15) is 10.4 Å². The van der Waals surface area contributed by atoms with Crippen molar-refractivity contribution in [1.29, 1.82) is 5.26 Å². The fraction of sp³-hybridized carbons (Fsp3) is 0.370. The van der Waals surface area contributed by atoms with Crippen LogP contribution in [0.3, 0.4) is 0 Å². The lowest BCUT2D eigenvalue weighted by molar-refractivity contribution is 0.0994. The normalized spacial score (nSPS) is 12.6. The molecule has 0 spiro atoms. The summed E-state index contributed by atoms with van der Waals surface area (Å²) < 4.78 is 4.99. The van der Waals surface area contributed by atoms with Gasteiger partial charge in [0.1, 0.15) is 11.0 Å². The van der Waals surface area contributed by atoms with Crippen LogP contribution in [0.4, 0.5) is 5.69 Å². The molecule has 1 heterocycles. The van der Waals surface area contributed by atoms with Gasteiger partial charge in [-0.05, 0) is 77.5 Å². The van der Waals surface area contributed by atoms with Gasteiger partial charge in [0.15, 0.2) is 0 Å². The van der Waals surface area contributed by atoms with Crippen molar-refractivity contribution in [2.75, 3.05) is 31.1 Å². The Balaban J connectivity index is 1.82. The molecule has 2 aromatic carbocycles. The monoisotopic (exact) mass is 478 g/mol. The van der Waals surface area contributed by atoms with E-state index in [4.69, 9.17) is 5.11 Å². The van der Waals surface area contributed by atoms with Crippen LogP contribution in [0.2, 0.25) is 0 Å². The number of anilines is 1. The largest absolute Gasteiger partial charge is 0.394 e. The number of aromatic nitrogens is 1. The number of benzene rings is 2. The molecule has 0 radical (unpaired) electrons. The van der Waals surface area contributed by atoms with Crippen LogP contribution in [-0.2, 0) is 7.05 Å². The lowest BCUT2D eigenvalue weighted by atomic mass is 10.0. The highest BCUT2D eigenvalue weighted by Crippen LogP contribution is 2.29. The van der Waals surface area contributed by atoms with Crippen LogP contribution in [0, 0.1) is 11.3 Å². The first-order valence-electron chi connectivity index (χ1n) is 11.8. The number of aliphatic hydroxyl groups excluding tert-OH is 2. The first-order valence-corrected chi connectivity index (χ1v) is 12.6. The van der Waals surface area contributed by atoms with E-state index in [1.54, 1.807) is 0 Å². The zero-order valence-electron chi connectivity index (χ0n) is 20.2. The minimum absolute atomic E-state index is 0.200. The Kier molecular flexibility index (Phi) is 9.61. The molecule has 34 heavy (non-hydrogen) atoms. The third kappa shape index (κ3) is 6.43. The number of allylic oxidation sites excluding steroid dienone is 1. The molecule has 6 nitrogen and oxygen atoms in total. The smallest absolute Gasteiger partial charge is 0.108 e. The van der Waals surface area contributed by atoms with Gasteiger partial charge in [0.25, 0.3) is 0 Å². The van der Waals surface area contributed by atoms with Crippen molar-refractivity contribution in [2.45, 2.75) is 32.8 Å². The number of aliphatic hydroxyl groups is 2. The molecule has 0 bridgehead atoms. The maximum Gasteiger partial charge on any atom is 0.108 e. The highest BCUT2D eigenvalue weighted by molar-refractivity contribution is 8.01. The third-order valence-corrected chi connectivity index (χ3v) is 6.47. The predicted octanol–water partition coefficient (Wildman–Crippen LogP) is 4.93. The van der Waals surface area contributed by atoms with E-state index in [1.807, 2.05) is 19.2 Å². The van der Waals surface area contributed by atoms with E-state index < -0.39 is 6.10 Å². The van der Waals surface area contributed by atoms with Crippen molar-refractivity contribution in [3.05, 3.63) is 59.1 Å². The van der Waals surface area contributed by atoms with Gasteiger partial charge in [-0.1, -0.05) is 32.0 Å². The molecule has 7 heteroatoms. The topological polar surface area (TPSA) is 84.5 Å². The van der Waals surface area contributed by atoms with E-state index in [0.29, 0.717) is 4.91 Å². The molecule has 0 fully saturated rings. The van der Waals surface area contributed by atoms with E-state index in [2.05, 4.69) is 76.6 Å². The zero-order chi connectivity index (χ0) is 24.5. The molecule has 0 amide bonds. The number of rotatable bonds is 12. The van der Waals surface area contributed by atoms with Crippen LogP contribution < -0.4 is 9.62 Å². The van der Waals surface area contributed by atoms with Crippen LogP contribution in [0.25, 0.3) is 28.1 Å². The summed E-state index contributed by atoms with van der Waals surface area (Å²) >= 11 is 1.15. The first-order chi connectivity index (χ1) is 16.5. The molecule has 0 aliphatic carbocycles. The van der Waals surface area contributed by atoms with Crippen molar-refractivity contribution in [3.63, 3.8) is 0 Å². The van der Waals surface area contributed by atoms with E-state index in [-0.39, 0.29) is 13.2 Å². The molecule has 0 saturated heterocycles. The van der Waals surface area contributed by atoms with Gasteiger partial charge in [0.05, 0.1) is 12.7 Å². The first kappa shape index (κ1) is 25.9. The van der Waals surface area contributed by atoms with E-state index in [1.165, 1.54) is 16.5 Å². The molecule has 3 N–H and O–H groups in total. The molecule has 0 aliphatic rings. The standard InChI is InChI=1S/C27H34N4O2S/c1-4-12-31(13-5-2)24-9-8-20-14-22(7-6-21(20)15-24)27-11-10-23(30(27)3)16-26(17-28)34-29-18-25(33)19-32/h6-11,14-16,25,29,32-33H,4-5,12-13,18-19H2,1-3H3/b26-16+. The van der Waals surface area contributed by atoms with Gasteiger partial charge in [0.2, 0.25) is 0 Å². The molecule has 1 atom stereocenters. The fourth-order valence-electron chi connectivity index (χ4n) is 3.96.